The molecule has 1 aliphatic heterocycles. The van der Waals surface area contributed by atoms with Gasteiger partial charge in [-0.05, 0) is 24.1 Å². The first-order valence-electron chi connectivity index (χ1n) is 9.67. The number of methoxy groups -OCH3 is 2. The van der Waals surface area contributed by atoms with E-state index in [1.807, 2.05) is 6.07 Å². The molecule has 0 fully saturated rings. The van der Waals surface area contributed by atoms with Gasteiger partial charge in [0.1, 0.15) is 11.5 Å². The van der Waals surface area contributed by atoms with Crippen molar-refractivity contribution < 1.29 is 24.0 Å². The summed E-state index contributed by atoms with van der Waals surface area (Å²) in [5, 5.41) is 21.2. The Morgan fingerprint density at radius 2 is 1.76 bits per heavy atom. The summed E-state index contributed by atoms with van der Waals surface area (Å²) in [6.07, 6.45) is 0. The SMILES string of the molecule is COC(=O)C1=C(C(=O)OC)N(c2ccc([N+](=O)[O-])cc2C)C(N)=C(C#N)C1c1ccccc1. The Bertz CT molecular complexity index is 1240. The molecule has 168 valence electrons. The molecule has 0 aromatic heterocycles. The molecule has 1 heterocycles. The molecule has 2 N–H and O–H groups in total. The van der Waals surface area contributed by atoms with E-state index < -0.39 is 22.8 Å². The zero-order valence-corrected chi connectivity index (χ0v) is 18.1. The number of carbonyl (C=O) groups excluding carboxylic acids is 2. The van der Waals surface area contributed by atoms with Crippen molar-refractivity contribution in [1.82, 2.24) is 0 Å². The van der Waals surface area contributed by atoms with E-state index in [-0.39, 0.29) is 34.0 Å². The van der Waals surface area contributed by atoms with Crippen molar-refractivity contribution in [3.63, 3.8) is 0 Å². The van der Waals surface area contributed by atoms with Crippen molar-refractivity contribution >= 4 is 23.3 Å². The molecule has 0 spiro atoms. The van der Waals surface area contributed by atoms with Crippen LogP contribution in [0.15, 0.2) is 71.2 Å². The molecule has 10 heteroatoms. The number of nitriles is 1. The van der Waals surface area contributed by atoms with Crippen LogP contribution in [0.5, 0.6) is 0 Å². The van der Waals surface area contributed by atoms with Crippen LogP contribution in [0.3, 0.4) is 0 Å². The predicted molar refractivity (Wildman–Crippen MR) is 117 cm³/mol. The van der Waals surface area contributed by atoms with Gasteiger partial charge in [0.05, 0.1) is 48.0 Å². The van der Waals surface area contributed by atoms with Gasteiger partial charge in [-0.1, -0.05) is 30.3 Å². The Balaban J connectivity index is 2.41. The molecule has 10 nitrogen and oxygen atoms in total. The van der Waals surface area contributed by atoms with Crippen LogP contribution >= 0.6 is 0 Å². The summed E-state index contributed by atoms with van der Waals surface area (Å²) in [5.74, 6) is -2.85. The third-order valence-electron chi connectivity index (χ3n) is 5.24. The maximum absolute atomic E-state index is 13.0. The fraction of sp³-hybridized carbons (Fsp3) is 0.174. The first kappa shape index (κ1) is 23.0. The van der Waals surface area contributed by atoms with Gasteiger partial charge in [-0.2, -0.15) is 5.26 Å². The van der Waals surface area contributed by atoms with Crippen molar-refractivity contribution in [3.8, 4) is 6.07 Å². The molecule has 2 aromatic carbocycles. The van der Waals surface area contributed by atoms with E-state index in [1.54, 1.807) is 37.3 Å². The van der Waals surface area contributed by atoms with Gasteiger partial charge in [0, 0.05) is 12.1 Å². The maximum atomic E-state index is 13.0. The number of nitro benzene ring substituents is 1. The van der Waals surface area contributed by atoms with Crippen LogP contribution in [0.2, 0.25) is 0 Å². The van der Waals surface area contributed by atoms with Gasteiger partial charge in [-0.3, -0.25) is 15.0 Å². The number of hydrogen-bond donors (Lipinski definition) is 1. The number of carbonyl (C=O) groups is 2. The molecule has 0 radical (unpaired) electrons. The summed E-state index contributed by atoms with van der Waals surface area (Å²) in [5.41, 5.74) is 7.04. The summed E-state index contributed by atoms with van der Waals surface area (Å²) in [7, 11) is 2.30. The second-order valence-electron chi connectivity index (χ2n) is 7.06. The number of aryl methyl sites for hydroxylation is 1. The van der Waals surface area contributed by atoms with Crippen molar-refractivity contribution in [2.75, 3.05) is 19.1 Å². The van der Waals surface area contributed by atoms with Crippen LogP contribution in [0.4, 0.5) is 11.4 Å². The summed E-state index contributed by atoms with van der Waals surface area (Å²) < 4.78 is 9.92. The number of nitrogens with two attached hydrogens (primary N) is 1. The number of rotatable bonds is 5. The smallest absolute Gasteiger partial charge is 0.355 e. The number of non-ortho nitro benzene ring substituents is 1. The molecule has 1 unspecified atom stereocenters. The molecule has 0 saturated carbocycles. The lowest BCUT2D eigenvalue weighted by atomic mass is 9.80. The minimum Gasteiger partial charge on any atom is -0.466 e. The molecule has 1 aliphatic rings. The van der Waals surface area contributed by atoms with Gasteiger partial charge in [-0.15, -0.1) is 0 Å². The monoisotopic (exact) mass is 448 g/mol. The average molecular weight is 448 g/mol. The second-order valence-corrected chi connectivity index (χ2v) is 7.06. The quantitative estimate of drug-likeness (QED) is 0.414. The Labute approximate surface area is 189 Å². The van der Waals surface area contributed by atoms with E-state index in [1.165, 1.54) is 23.1 Å². The highest BCUT2D eigenvalue weighted by atomic mass is 16.6. The Hall–Kier alpha value is -4.65. The second kappa shape index (κ2) is 9.23. The topological polar surface area (TPSA) is 149 Å². The number of allylic oxidation sites excluding steroid dienone is 1. The van der Waals surface area contributed by atoms with Gasteiger partial charge in [0.25, 0.3) is 5.69 Å². The lowest BCUT2D eigenvalue weighted by molar-refractivity contribution is -0.384. The molecular formula is C23H20N4O6. The van der Waals surface area contributed by atoms with E-state index >= 15 is 0 Å². The van der Waals surface area contributed by atoms with E-state index in [4.69, 9.17) is 15.2 Å². The number of ether oxygens (including phenoxy) is 2. The fourth-order valence-electron chi connectivity index (χ4n) is 3.77. The summed E-state index contributed by atoms with van der Waals surface area (Å²) in [6.45, 7) is 1.58. The zero-order valence-electron chi connectivity index (χ0n) is 18.1. The number of nitro groups is 1. The third kappa shape index (κ3) is 3.99. The highest BCUT2D eigenvalue weighted by Gasteiger charge is 2.43. The van der Waals surface area contributed by atoms with Crippen LogP contribution < -0.4 is 10.6 Å². The Kier molecular flexibility index (Phi) is 6.44. The van der Waals surface area contributed by atoms with E-state index in [0.717, 1.165) is 14.2 Å². The largest absolute Gasteiger partial charge is 0.466 e. The molecule has 1 atom stereocenters. The van der Waals surface area contributed by atoms with E-state index in [9.17, 15) is 25.0 Å². The Morgan fingerprint density at radius 1 is 1.12 bits per heavy atom. The van der Waals surface area contributed by atoms with Gasteiger partial charge in [-0.25, -0.2) is 9.59 Å². The van der Waals surface area contributed by atoms with Crippen molar-refractivity contribution in [3.05, 3.63) is 92.4 Å². The molecule has 3 rings (SSSR count). The predicted octanol–water partition coefficient (Wildman–Crippen LogP) is 2.80. The number of nitrogens with zero attached hydrogens (tertiary/aromatic N) is 3. The zero-order chi connectivity index (χ0) is 24.3. The highest BCUT2D eigenvalue weighted by Crippen LogP contribution is 2.44. The fourth-order valence-corrected chi connectivity index (χ4v) is 3.77. The molecule has 0 bridgehead atoms. The average Bonchev–Trinajstić information content (AvgIpc) is 2.82. The van der Waals surface area contributed by atoms with Crippen LogP contribution in [-0.2, 0) is 19.1 Å². The Morgan fingerprint density at radius 3 is 2.27 bits per heavy atom. The van der Waals surface area contributed by atoms with Gasteiger partial charge in [0.2, 0.25) is 0 Å². The third-order valence-corrected chi connectivity index (χ3v) is 5.24. The first-order chi connectivity index (χ1) is 15.8. The minimum atomic E-state index is -0.993. The lowest BCUT2D eigenvalue weighted by Crippen LogP contribution is -2.41. The molecular weight excluding hydrogens is 428 g/mol. The maximum Gasteiger partial charge on any atom is 0.355 e. The normalized spacial score (nSPS) is 15.7. The molecule has 33 heavy (non-hydrogen) atoms. The number of hydrogen-bond acceptors (Lipinski definition) is 9. The number of benzene rings is 2. The lowest BCUT2D eigenvalue weighted by Gasteiger charge is -2.36. The molecule has 2 aromatic rings. The first-order valence-corrected chi connectivity index (χ1v) is 9.67. The molecule has 0 amide bonds. The summed E-state index contributed by atoms with van der Waals surface area (Å²) in [4.78, 5) is 37.8. The van der Waals surface area contributed by atoms with Gasteiger partial charge in [0.15, 0.2) is 0 Å². The van der Waals surface area contributed by atoms with Crippen molar-refractivity contribution in [2.24, 2.45) is 5.73 Å². The standard InChI is InChI=1S/C23H20N4O6/c1-13-11-15(27(30)31)9-10-17(13)26-20(23(29)33-3)19(22(28)32-2)18(16(12-24)21(26)25)14-7-5-4-6-8-14/h4-11,18H,25H2,1-3H3. The van der Waals surface area contributed by atoms with Gasteiger partial charge < -0.3 is 15.2 Å². The van der Waals surface area contributed by atoms with Gasteiger partial charge >= 0.3 is 11.9 Å². The van der Waals surface area contributed by atoms with Crippen LogP contribution in [0.25, 0.3) is 0 Å². The number of anilines is 1. The van der Waals surface area contributed by atoms with E-state index in [2.05, 4.69) is 0 Å². The minimum absolute atomic E-state index is 0.00649. The van der Waals surface area contributed by atoms with Crippen molar-refractivity contribution in [2.45, 2.75) is 12.8 Å². The number of esters is 2. The van der Waals surface area contributed by atoms with Crippen molar-refractivity contribution in [1.29, 1.82) is 5.26 Å². The summed E-state index contributed by atoms with van der Waals surface area (Å²) >= 11 is 0. The van der Waals surface area contributed by atoms with E-state index in [0.29, 0.717) is 11.1 Å². The van der Waals surface area contributed by atoms with Crippen LogP contribution in [0, 0.1) is 28.4 Å². The molecule has 0 saturated heterocycles. The summed E-state index contributed by atoms with van der Waals surface area (Å²) in [6, 6.07) is 14.6. The van der Waals surface area contributed by atoms with Crippen LogP contribution in [0.1, 0.15) is 17.0 Å². The highest BCUT2D eigenvalue weighted by molar-refractivity contribution is 6.06. The molecule has 0 aliphatic carbocycles. The van der Waals surface area contributed by atoms with Crippen LogP contribution in [-0.4, -0.2) is 31.1 Å².